The van der Waals surface area contributed by atoms with Gasteiger partial charge in [0.2, 0.25) is 11.8 Å². The molecule has 1 atom stereocenters. The molecule has 0 saturated carbocycles. The maximum Gasteiger partial charge on any atom is 0.305 e. The van der Waals surface area contributed by atoms with Gasteiger partial charge in [-0.05, 0) is 19.8 Å². The van der Waals surface area contributed by atoms with Crippen molar-refractivity contribution in [2.75, 3.05) is 11.9 Å². The molecule has 1 heterocycles. The van der Waals surface area contributed by atoms with Gasteiger partial charge in [0.15, 0.2) is 0 Å². The van der Waals surface area contributed by atoms with Crippen molar-refractivity contribution in [1.82, 2.24) is 9.97 Å². The summed E-state index contributed by atoms with van der Waals surface area (Å²) in [6.07, 6.45) is 2.62. The van der Waals surface area contributed by atoms with Crippen molar-refractivity contribution in [3.63, 3.8) is 0 Å². The van der Waals surface area contributed by atoms with Gasteiger partial charge in [-0.15, -0.1) is 0 Å². The van der Waals surface area contributed by atoms with E-state index >= 15 is 0 Å². The number of carboxylic acid groups (broad SMARTS) is 1. The molecule has 0 aliphatic carbocycles. The normalized spacial score (nSPS) is 11.9. The van der Waals surface area contributed by atoms with Gasteiger partial charge in [-0.3, -0.25) is 4.79 Å². The molecule has 0 radical (unpaired) electrons. The van der Waals surface area contributed by atoms with E-state index in [1.54, 1.807) is 6.07 Å². The first-order chi connectivity index (χ1) is 9.55. The van der Waals surface area contributed by atoms with Gasteiger partial charge in [-0.2, -0.15) is 4.98 Å². The standard InChI is InChI=1S/C14H23N3O3/c1-4-6-11(9-13(18)19)16-14-15-10(3)8-12(17-14)20-7-5-2/h8,11H,4-7,9H2,1-3H3,(H,18,19)(H,15,16,17). The summed E-state index contributed by atoms with van der Waals surface area (Å²) >= 11 is 0. The van der Waals surface area contributed by atoms with Gasteiger partial charge >= 0.3 is 5.97 Å². The van der Waals surface area contributed by atoms with E-state index in [1.807, 2.05) is 20.8 Å². The Kier molecular flexibility index (Phi) is 6.76. The Labute approximate surface area is 119 Å². The number of hydrogen-bond acceptors (Lipinski definition) is 5. The molecule has 2 N–H and O–H groups in total. The summed E-state index contributed by atoms with van der Waals surface area (Å²) in [5.41, 5.74) is 0.791. The Morgan fingerprint density at radius 1 is 1.40 bits per heavy atom. The average molecular weight is 281 g/mol. The summed E-state index contributed by atoms with van der Waals surface area (Å²) < 4.78 is 5.49. The van der Waals surface area contributed by atoms with Crippen molar-refractivity contribution >= 4 is 11.9 Å². The lowest BCUT2D eigenvalue weighted by molar-refractivity contribution is -0.137. The fraction of sp³-hybridized carbons (Fsp3) is 0.643. The molecule has 1 aromatic heterocycles. The van der Waals surface area contributed by atoms with Crippen molar-refractivity contribution in [1.29, 1.82) is 0 Å². The van der Waals surface area contributed by atoms with Crippen LogP contribution < -0.4 is 10.1 Å². The predicted octanol–water partition coefficient (Wildman–Crippen LogP) is 2.63. The number of nitrogens with zero attached hydrogens (tertiary/aromatic N) is 2. The zero-order valence-electron chi connectivity index (χ0n) is 12.3. The van der Waals surface area contributed by atoms with E-state index in [0.717, 1.165) is 25.0 Å². The third kappa shape index (κ3) is 5.86. The molecule has 0 bridgehead atoms. The molecule has 6 nitrogen and oxygen atoms in total. The van der Waals surface area contributed by atoms with Crippen LogP contribution in [-0.4, -0.2) is 33.7 Å². The average Bonchev–Trinajstić information content (AvgIpc) is 2.35. The molecule has 0 aliphatic heterocycles. The number of anilines is 1. The molecule has 0 spiro atoms. The summed E-state index contributed by atoms with van der Waals surface area (Å²) in [5.74, 6) is 0.120. The summed E-state index contributed by atoms with van der Waals surface area (Å²) in [4.78, 5) is 19.4. The minimum Gasteiger partial charge on any atom is -0.481 e. The molecular weight excluding hydrogens is 258 g/mol. The number of aromatic nitrogens is 2. The smallest absolute Gasteiger partial charge is 0.305 e. The SMILES string of the molecule is CCCOc1cc(C)nc(NC(CCC)CC(=O)O)n1. The number of carbonyl (C=O) groups is 1. The topological polar surface area (TPSA) is 84.3 Å². The van der Waals surface area contributed by atoms with Crippen LogP contribution in [0, 0.1) is 6.92 Å². The third-order valence-corrected chi connectivity index (χ3v) is 2.68. The van der Waals surface area contributed by atoms with Crippen LogP contribution in [0.1, 0.15) is 45.2 Å². The maximum atomic E-state index is 10.8. The number of carboxylic acids is 1. The van der Waals surface area contributed by atoms with Crippen molar-refractivity contribution < 1.29 is 14.6 Å². The summed E-state index contributed by atoms with van der Waals surface area (Å²) in [5, 5.41) is 12.0. The van der Waals surface area contributed by atoms with E-state index in [4.69, 9.17) is 9.84 Å². The van der Waals surface area contributed by atoms with Gasteiger partial charge in [0.1, 0.15) is 0 Å². The van der Waals surface area contributed by atoms with E-state index in [0.29, 0.717) is 18.4 Å². The van der Waals surface area contributed by atoms with E-state index in [9.17, 15) is 4.79 Å². The number of nitrogens with one attached hydrogen (secondary N) is 1. The lowest BCUT2D eigenvalue weighted by atomic mass is 10.1. The monoisotopic (exact) mass is 281 g/mol. The van der Waals surface area contributed by atoms with Crippen LogP contribution in [0.25, 0.3) is 0 Å². The molecule has 0 aromatic carbocycles. The largest absolute Gasteiger partial charge is 0.481 e. The quantitative estimate of drug-likeness (QED) is 0.724. The van der Waals surface area contributed by atoms with Crippen molar-refractivity contribution in [3.8, 4) is 5.88 Å². The Bertz CT molecular complexity index is 438. The number of ether oxygens (including phenoxy) is 1. The molecule has 20 heavy (non-hydrogen) atoms. The summed E-state index contributed by atoms with van der Waals surface area (Å²) in [7, 11) is 0. The van der Waals surface area contributed by atoms with E-state index in [1.165, 1.54) is 0 Å². The summed E-state index contributed by atoms with van der Waals surface area (Å²) in [6, 6.07) is 1.60. The Morgan fingerprint density at radius 3 is 2.75 bits per heavy atom. The highest BCUT2D eigenvalue weighted by Gasteiger charge is 2.14. The molecule has 6 heteroatoms. The number of rotatable bonds is 9. The Balaban J connectivity index is 2.77. The van der Waals surface area contributed by atoms with Crippen LogP contribution in [0.2, 0.25) is 0 Å². The van der Waals surface area contributed by atoms with E-state index in [-0.39, 0.29) is 12.5 Å². The molecule has 0 saturated heterocycles. The molecular formula is C14H23N3O3. The zero-order valence-corrected chi connectivity index (χ0v) is 12.3. The second-order valence-electron chi connectivity index (χ2n) is 4.75. The first-order valence-corrected chi connectivity index (χ1v) is 7.02. The minimum absolute atomic E-state index is 0.0519. The number of aliphatic carboxylic acids is 1. The van der Waals surface area contributed by atoms with E-state index < -0.39 is 5.97 Å². The fourth-order valence-corrected chi connectivity index (χ4v) is 1.85. The predicted molar refractivity (Wildman–Crippen MR) is 77.1 cm³/mol. The van der Waals surface area contributed by atoms with Crippen LogP contribution in [0.4, 0.5) is 5.95 Å². The first-order valence-electron chi connectivity index (χ1n) is 7.02. The van der Waals surface area contributed by atoms with Crippen LogP contribution in [0.5, 0.6) is 5.88 Å². The minimum atomic E-state index is -0.828. The summed E-state index contributed by atoms with van der Waals surface area (Å²) in [6.45, 7) is 6.50. The molecule has 112 valence electrons. The second kappa shape index (κ2) is 8.35. The molecule has 1 rings (SSSR count). The van der Waals surface area contributed by atoms with Crippen LogP contribution in [-0.2, 0) is 4.79 Å². The Hall–Kier alpha value is -1.85. The van der Waals surface area contributed by atoms with Crippen LogP contribution in [0.15, 0.2) is 6.07 Å². The van der Waals surface area contributed by atoms with Crippen molar-refractivity contribution in [2.45, 2.75) is 52.5 Å². The zero-order chi connectivity index (χ0) is 15.0. The van der Waals surface area contributed by atoms with E-state index in [2.05, 4.69) is 15.3 Å². The third-order valence-electron chi connectivity index (χ3n) is 2.68. The second-order valence-corrected chi connectivity index (χ2v) is 4.75. The van der Waals surface area contributed by atoms with Gasteiger partial charge in [-0.1, -0.05) is 20.3 Å². The lowest BCUT2D eigenvalue weighted by Crippen LogP contribution is -2.24. The molecule has 1 aromatic rings. The van der Waals surface area contributed by atoms with Gasteiger partial charge in [0.25, 0.3) is 0 Å². The number of aryl methyl sites for hydroxylation is 1. The molecule has 0 fully saturated rings. The van der Waals surface area contributed by atoms with Gasteiger partial charge < -0.3 is 15.2 Å². The lowest BCUT2D eigenvalue weighted by Gasteiger charge is -2.16. The van der Waals surface area contributed by atoms with Crippen molar-refractivity contribution in [2.24, 2.45) is 0 Å². The van der Waals surface area contributed by atoms with Gasteiger partial charge in [-0.25, -0.2) is 4.98 Å². The molecule has 0 aliphatic rings. The van der Waals surface area contributed by atoms with Gasteiger partial charge in [0, 0.05) is 17.8 Å². The van der Waals surface area contributed by atoms with Gasteiger partial charge in [0.05, 0.1) is 13.0 Å². The van der Waals surface area contributed by atoms with Crippen LogP contribution in [0.3, 0.4) is 0 Å². The van der Waals surface area contributed by atoms with Crippen molar-refractivity contribution in [3.05, 3.63) is 11.8 Å². The highest BCUT2D eigenvalue weighted by atomic mass is 16.5. The molecule has 0 amide bonds. The fourth-order valence-electron chi connectivity index (χ4n) is 1.85. The maximum absolute atomic E-state index is 10.8. The number of hydrogen-bond donors (Lipinski definition) is 2. The highest BCUT2D eigenvalue weighted by Crippen LogP contribution is 2.15. The highest BCUT2D eigenvalue weighted by molar-refractivity contribution is 5.68. The Morgan fingerprint density at radius 2 is 2.15 bits per heavy atom. The van der Waals surface area contributed by atoms with Crippen LogP contribution >= 0.6 is 0 Å². The molecule has 1 unspecified atom stereocenters. The first kappa shape index (κ1) is 16.2.